The highest BCUT2D eigenvalue weighted by atomic mass is 16.4. The Balaban J connectivity index is 3.36. The molecule has 1 aromatic rings. The van der Waals surface area contributed by atoms with Crippen molar-refractivity contribution in [2.24, 2.45) is 0 Å². The minimum Gasteiger partial charge on any atom is -0.478 e. The Morgan fingerprint density at radius 3 is 2.67 bits per heavy atom. The van der Waals surface area contributed by atoms with E-state index in [9.17, 15) is 4.79 Å². The second kappa shape index (κ2) is 2.81. The molecule has 0 unspecified atom stereocenters. The molecule has 3 N–H and O–H groups in total. The van der Waals surface area contributed by atoms with Crippen LogP contribution in [0.1, 0.15) is 21.6 Å². The lowest BCUT2D eigenvalue weighted by Crippen LogP contribution is -2.06. The molecule has 0 radical (unpaired) electrons. The molecule has 0 aliphatic rings. The van der Waals surface area contributed by atoms with Crippen molar-refractivity contribution < 1.29 is 9.90 Å². The fraction of sp³-hybridized carbons (Fsp3) is 0.250. The average Bonchev–Trinajstić information content (AvgIpc) is 2.00. The summed E-state index contributed by atoms with van der Waals surface area (Å²) < 4.78 is 0. The molecule has 4 heteroatoms. The maximum atomic E-state index is 10.6. The quantitative estimate of drug-likeness (QED) is 0.652. The summed E-state index contributed by atoms with van der Waals surface area (Å²) >= 11 is 0. The lowest BCUT2D eigenvalue weighted by Gasteiger charge is -2.05. The van der Waals surface area contributed by atoms with Crippen LogP contribution in [-0.4, -0.2) is 16.1 Å². The number of aromatic nitrogens is 1. The van der Waals surface area contributed by atoms with Gasteiger partial charge in [0, 0.05) is 11.9 Å². The van der Waals surface area contributed by atoms with Gasteiger partial charge in [0.25, 0.3) is 0 Å². The van der Waals surface area contributed by atoms with Crippen LogP contribution in [0.4, 0.5) is 5.69 Å². The lowest BCUT2D eigenvalue weighted by molar-refractivity contribution is 0.0697. The zero-order chi connectivity index (χ0) is 9.30. The van der Waals surface area contributed by atoms with Gasteiger partial charge in [0.05, 0.1) is 5.69 Å². The molecule has 0 amide bonds. The van der Waals surface area contributed by atoms with E-state index in [1.165, 1.54) is 6.20 Å². The van der Waals surface area contributed by atoms with Crippen molar-refractivity contribution in [3.8, 4) is 0 Å². The van der Waals surface area contributed by atoms with Crippen molar-refractivity contribution >= 4 is 11.7 Å². The average molecular weight is 166 g/mol. The number of pyridine rings is 1. The van der Waals surface area contributed by atoms with Crippen molar-refractivity contribution in [2.45, 2.75) is 13.8 Å². The number of nitrogens with zero attached hydrogens (tertiary/aromatic N) is 1. The van der Waals surface area contributed by atoms with E-state index in [1.807, 2.05) is 0 Å². The predicted molar refractivity (Wildman–Crippen MR) is 45.1 cm³/mol. The summed E-state index contributed by atoms with van der Waals surface area (Å²) in [5.41, 5.74) is 7.43. The van der Waals surface area contributed by atoms with Crippen LogP contribution < -0.4 is 5.73 Å². The van der Waals surface area contributed by atoms with E-state index in [2.05, 4.69) is 4.98 Å². The Bertz CT molecular complexity index is 334. The molecule has 0 saturated carbocycles. The van der Waals surface area contributed by atoms with Gasteiger partial charge in [0.1, 0.15) is 5.56 Å². The number of carboxylic acids is 1. The van der Waals surface area contributed by atoms with E-state index in [1.54, 1.807) is 13.8 Å². The molecular weight excluding hydrogens is 156 g/mol. The number of aromatic carboxylic acids is 1. The largest absolute Gasteiger partial charge is 0.478 e. The molecule has 0 atom stereocenters. The van der Waals surface area contributed by atoms with E-state index < -0.39 is 5.97 Å². The standard InChI is InChI=1S/C8H10N2O2/c1-4-5(2)10-3-6(7(4)9)8(11)12/h3H,1-2H3,(H2,9,10)(H,11,12). The molecule has 64 valence electrons. The van der Waals surface area contributed by atoms with Crippen LogP contribution in [0.25, 0.3) is 0 Å². The minimum atomic E-state index is -1.04. The van der Waals surface area contributed by atoms with Crippen LogP contribution in [0.5, 0.6) is 0 Å². The third kappa shape index (κ3) is 1.23. The molecule has 0 bridgehead atoms. The monoisotopic (exact) mass is 166 g/mol. The van der Waals surface area contributed by atoms with E-state index >= 15 is 0 Å². The van der Waals surface area contributed by atoms with E-state index in [4.69, 9.17) is 10.8 Å². The highest BCUT2D eigenvalue weighted by molar-refractivity contribution is 5.94. The van der Waals surface area contributed by atoms with Gasteiger partial charge in [0.15, 0.2) is 0 Å². The maximum absolute atomic E-state index is 10.6. The molecule has 1 rings (SSSR count). The number of nitrogen functional groups attached to an aromatic ring is 1. The second-order valence-corrected chi connectivity index (χ2v) is 2.60. The number of aryl methyl sites for hydroxylation is 1. The molecular formula is C8H10N2O2. The fourth-order valence-corrected chi connectivity index (χ4v) is 0.895. The summed E-state index contributed by atoms with van der Waals surface area (Å²) in [6.07, 6.45) is 1.28. The highest BCUT2D eigenvalue weighted by Gasteiger charge is 2.11. The number of hydrogen-bond donors (Lipinski definition) is 2. The molecule has 1 aromatic heterocycles. The van der Waals surface area contributed by atoms with Gasteiger partial charge in [0.2, 0.25) is 0 Å². The second-order valence-electron chi connectivity index (χ2n) is 2.60. The van der Waals surface area contributed by atoms with Crippen LogP contribution >= 0.6 is 0 Å². The summed E-state index contributed by atoms with van der Waals surface area (Å²) in [5, 5.41) is 8.66. The van der Waals surface area contributed by atoms with Gasteiger partial charge in [-0.15, -0.1) is 0 Å². The van der Waals surface area contributed by atoms with Crippen LogP contribution in [0, 0.1) is 13.8 Å². The smallest absolute Gasteiger partial charge is 0.339 e. The number of hydrogen-bond acceptors (Lipinski definition) is 3. The molecule has 12 heavy (non-hydrogen) atoms. The predicted octanol–water partition coefficient (Wildman–Crippen LogP) is 0.979. The Labute approximate surface area is 70.0 Å². The Morgan fingerprint density at radius 1 is 1.58 bits per heavy atom. The topological polar surface area (TPSA) is 76.2 Å². The van der Waals surface area contributed by atoms with Crippen molar-refractivity contribution in [1.82, 2.24) is 4.98 Å². The number of carbonyl (C=O) groups is 1. The van der Waals surface area contributed by atoms with Crippen LogP contribution in [-0.2, 0) is 0 Å². The van der Waals surface area contributed by atoms with Crippen molar-refractivity contribution in [1.29, 1.82) is 0 Å². The summed E-state index contributed by atoms with van der Waals surface area (Å²) in [5.74, 6) is -1.04. The molecule has 0 saturated heterocycles. The van der Waals surface area contributed by atoms with Crippen LogP contribution in [0.15, 0.2) is 6.20 Å². The van der Waals surface area contributed by atoms with Crippen LogP contribution in [0.3, 0.4) is 0 Å². The molecule has 0 aromatic carbocycles. The first-order valence-electron chi connectivity index (χ1n) is 3.49. The zero-order valence-electron chi connectivity index (χ0n) is 6.96. The van der Waals surface area contributed by atoms with Gasteiger partial charge in [-0.05, 0) is 19.4 Å². The van der Waals surface area contributed by atoms with Gasteiger partial charge < -0.3 is 10.8 Å². The number of anilines is 1. The van der Waals surface area contributed by atoms with Gasteiger partial charge >= 0.3 is 5.97 Å². The summed E-state index contributed by atoms with van der Waals surface area (Å²) in [6, 6.07) is 0. The maximum Gasteiger partial charge on any atom is 0.339 e. The van der Waals surface area contributed by atoms with E-state index in [0.717, 1.165) is 11.3 Å². The summed E-state index contributed by atoms with van der Waals surface area (Å²) in [6.45, 7) is 3.54. The minimum absolute atomic E-state index is 0.0677. The molecule has 4 nitrogen and oxygen atoms in total. The third-order valence-corrected chi connectivity index (χ3v) is 1.85. The van der Waals surface area contributed by atoms with Gasteiger partial charge in [-0.2, -0.15) is 0 Å². The highest BCUT2D eigenvalue weighted by Crippen LogP contribution is 2.17. The molecule has 0 aliphatic heterocycles. The Kier molecular flexibility index (Phi) is 1.99. The number of nitrogens with two attached hydrogens (primary N) is 1. The van der Waals surface area contributed by atoms with Crippen molar-refractivity contribution in [3.63, 3.8) is 0 Å². The molecule has 0 aliphatic carbocycles. The lowest BCUT2D eigenvalue weighted by atomic mass is 10.1. The molecule has 0 fully saturated rings. The first kappa shape index (κ1) is 8.52. The van der Waals surface area contributed by atoms with Gasteiger partial charge in [-0.1, -0.05) is 0 Å². The third-order valence-electron chi connectivity index (χ3n) is 1.85. The zero-order valence-corrected chi connectivity index (χ0v) is 6.96. The normalized spacial score (nSPS) is 9.83. The van der Waals surface area contributed by atoms with Crippen LogP contribution in [0.2, 0.25) is 0 Å². The molecule has 0 spiro atoms. The first-order chi connectivity index (χ1) is 5.54. The molecule has 1 heterocycles. The Morgan fingerprint density at radius 2 is 2.17 bits per heavy atom. The first-order valence-corrected chi connectivity index (χ1v) is 3.49. The summed E-state index contributed by atoms with van der Waals surface area (Å²) in [4.78, 5) is 14.5. The van der Waals surface area contributed by atoms with Crippen molar-refractivity contribution in [3.05, 3.63) is 23.0 Å². The van der Waals surface area contributed by atoms with E-state index in [0.29, 0.717) is 5.69 Å². The Hall–Kier alpha value is -1.58. The summed E-state index contributed by atoms with van der Waals surface area (Å²) in [7, 11) is 0. The van der Waals surface area contributed by atoms with E-state index in [-0.39, 0.29) is 5.56 Å². The van der Waals surface area contributed by atoms with Crippen molar-refractivity contribution in [2.75, 3.05) is 5.73 Å². The fourth-order valence-electron chi connectivity index (χ4n) is 0.895. The van der Waals surface area contributed by atoms with Gasteiger partial charge in [-0.25, -0.2) is 4.79 Å². The number of rotatable bonds is 1. The number of carboxylic acid groups (broad SMARTS) is 1. The van der Waals surface area contributed by atoms with Gasteiger partial charge in [-0.3, -0.25) is 4.98 Å². The SMILES string of the molecule is Cc1ncc(C(=O)O)c(N)c1C.